The smallest absolute Gasteiger partial charge is 0.232 e. The zero-order valence-electron chi connectivity index (χ0n) is 18.1. The lowest BCUT2D eigenvalue weighted by atomic mass is 9.71. The Balaban J connectivity index is 1.16. The van der Waals surface area contributed by atoms with Gasteiger partial charge in [-0.2, -0.15) is 0 Å². The summed E-state index contributed by atoms with van der Waals surface area (Å²) in [6, 6.07) is 10.8. The maximum Gasteiger partial charge on any atom is 0.232 e. The van der Waals surface area contributed by atoms with Gasteiger partial charge in [0, 0.05) is 23.9 Å². The van der Waals surface area contributed by atoms with Crippen molar-refractivity contribution in [3.05, 3.63) is 35.9 Å². The molecule has 5 nitrogen and oxygen atoms in total. The van der Waals surface area contributed by atoms with E-state index in [-0.39, 0.29) is 29.1 Å². The zero-order chi connectivity index (χ0) is 20.4. The first kappa shape index (κ1) is 20.5. The molecule has 0 radical (unpaired) electrons. The zero-order valence-corrected chi connectivity index (χ0v) is 18.1. The minimum absolute atomic E-state index is 0.0523. The monoisotopic (exact) mass is 399 g/mol. The van der Waals surface area contributed by atoms with Crippen molar-refractivity contribution < 1.29 is 19.4 Å². The van der Waals surface area contributed by atoms with E-state index in [1.165, 1.54) is 31.7 Å². The highest BCUT2D eigenvalue weighted by Gasteiger charge is 2.56. The summed E-state index contributed by atoms with van der Waals surface area (Å²) in [7, 11) is 0. The van der Waals surface area contributed by atoms with Crippen molar-refractivity contribution in [1.29, 1.82) is 0 Å². The van der Waals surface area contributed by atoms with Crippen LogP contribution in [-0.4, -0.2) is 56.0 Å². The Morgan fingerprint density at radius 2 is 1.48 bits per heavy atom. The molecule has 2 heterocycles. The summed E-state index contributed by atoms with van der Waals surface area (Å²) in [6.45, 7) is 12.0. The molecule has 1 aromatic carbocycles. The number of piperazine rings is 1. The maximum atomic E-state index is 12.8. The molecule has 1 aromatic rings. The molecule has 29 heavy (non-hydrogen) atoms. The SMILES string of the molecule is CC1(C)C2CCC1C(=O)N(CCCC[NH+]1CC[NH+](Cc3ccccc3)CC1)C2=O. The van der Waals surface area contributed by atoms with Crippen LogP contribution in [0, 0.1) is 17.3 Å². The number of carbonyl (C=O) groups is 2. The van der Waals surface area contributed by atoms with Crippen LogP contribution in [0.25, 0.3) is 0 Å². The van der Waals surface area contributed by atoms with E-state index < -0.39 is 0 Å². The van der Waals surface area contributed by atoms with Gasteiger partial charge in [0.15, 0.2) is 0 Å². The molecule has 2 unspecified atom stereocenters. The molecule has 1 saturated carbocycles. The first-order valence-electron chi connectivity index (χ1n) is 11.5. The summed E-state index contributed by atoms with van der Waals surface area (Å²) in [6.07, 6.45) is 3.82. The van der Waals surface area contributed by atoms with E-state index in [9.17, 15) is 9.59 Å². The van der Waals surface area contributed by atoms with Gasteiger partial charge in [0.25, 0.3) is 0 Å². The largest absolute Gasteiger partial charge is 0.326 e. The summed E-state index contributed by atoms with van der Waals surface area (Å²) in [5.74, 6) is 0.298. The van der Waals surface area contributed by atoms with Crippen LogP contribution in [0.1, 0.15) is 45.1 Å². The molecule has 2 aliphatic heterocycles. The second kappa shape index (κ2) is 8.57. The Morgan fingerprint density at radius 1 is 0.897 bits per heavy atom. The van der Waals surface area contributed by atoms with Gasteiger partial charge in [0.2, 0.25) is 11.8 Å². The lowest BCUT2D eigenvalue weighted by molar-refractivity contribution is -1.02. The molecule has 2 amide bonds. The van der Waals surface area contributed by atoms with Gasteiger partial charge >= 0.3 is 0 Å². The third kappa shape index (κ3) is 4.26. The van der Waals surface area contributed by atoms with Crippen LogP contribution in [0.3, 0.4) is 0 Å². The number of nitrogens with one attached hydrogen (secondary N) is 2. The number of nitrogens with zero attached hydrogens (tertiary/aromatic N) is 1. The van der Waals surface area contributed by atoms with Crippen LogP contribution < -0.4 is 9.80 Å². The van der Waals surface area contributed by atoms with Crippen LogP contribution in [0.2, 0.25) is 0 Å². The van der Waals surface area contributed by atoms with Gasteiger partial charge in [0.05, 0.1) is 6.54 Å². The number of quaternary nitrogens is 2. The number of unbranched alkanes of at least 4 members (excludes halogenated alkanes) is 1. The van der Waals surface area contributed by atoms with Crippen LogP contribution in [0.5, 0.6) is 0 Å². The van der Waals surface area contributed by atoms with E-state index in [0.29, 0.717) is 6.54 Å². The first-order chi connectivity index (χ1) is 14.0. The molecule has 2 bridgehead atoms. The number of hydrogen-bond acceptors (Lipinski definition) is 2. The van der Waals surface area contributed by atoms with E-state index in [2.05, 4.69) is 44.2 Å². The van der Waals surface area contributed by atoms with E-state index >= 15 is 0 Å². The van der Waals surface area contributed by atoms with Crippen molar-refractivity contribution in [3.63, 3.8) is 0 Å². The topological polar surface area (TPSA) is 46.3 Å². The van der Waals surface area contributed by atoms with Crippen molar-refractivity contribution in [2.45, 2.75) is 46.1 Å². The summed E-state index contributed by atoms with van der Waals surface area (Å²) >= 11 is 0. The van der Waals surface area contributed by atoms with Gasteiger partial charge < -0.3 is 9.80 Å². The van der Waals surface area contributed by atoms with Gasteiger partial charge in [-0.25, -0.2) is 0 Å². The molecule has 158 valence electrons. The van der Waals surface area contributed by atoms with Crippen LogP contribution in [0.4, 0.5) is 0 Å². The highest BCUT2D eigenvalue weighted by Crippen LogP contribution is 2.52. The highest BCUT2D eigenvalue weighted by molar-refractivity contribution is 6.01. The Labute approximate surface area is 175 Å². The molecule has 4 rings (SSSR count). The van der Waals surface area contributed by atoms with E-state index in [4.69, 9.17) is 0 Å². The number of rotatable bonds is 7. The average Bonchev–Trinajstić information content (AvgIpc) is 2.96. The first-order valence-corrected chi connectivity index (χ1v) is 11.5. The van der Waals surface area contributed by atoms with Crippen molar-refractivity contribution in [2.75, 3.05) is 39.3 Å². The minimum Gasteiger partial charge on any atom is -0.326 e. The number of amides is 2. The number of benzene rings is 1. The van der Waals surface area contributed by atoms with Crippen molar-refractivity contribution in [1.82, 2.24) is 4.90 Å². The molecular formula is C24H37N3O2+2. The van der Waals surface area contributed by atoms with E-state index in [0.717, 1.165) is 38.8 Å². The molecule has 5 heteroatoms. The number of likely N-dealkylation sites (tertiary alicyclic amines) is 1. The van der Waals surface area contributed by atoms with Gasteiger partial charge in [-0.1, -0.05) is 44.2 Å². The Hall–Kier alpha value is -1.72. The predicted molar refractivity (Wildman–Crippen MR) is 112 cm³/mol. The quantitative estimate of drug-likeness (QED) is 0.507. The maximum absolute atomic E-state index is 12.8. The van der Waals surface area contributed by atoms with Crippen molar-refractivity contribution in [2.24, 2.45) is 17.3 Å². The van der Waals surface area contributed by atoms with Crippen molar-refractivity contribution in [3.8, 4) is 0 Å². The molecule has 2 N–H and O–H groups in total. The third-order valence-electron chi connectivity index (χ3n) is 7.79. The molecule has 2 atom stereocenters. The summed E-state index contributed by atoms with van der Waals surface area (Å²) in [4.78, 5) is 30.5. The van der Waals surface area contributed by atoms with Gasteiger partial charge in [-0.3, -0.25) is 14.5 Å². The van der Waals surface area contributed by atoms with Crippen molar-refractivity contribution >= 4 is 11.8 Å². The fourth-order valence-corrected chi connectivity index (χ4v) is 5.82. The fourth-order valence-electron chi connectivity index (χ4n) is 5.82. The molecule has 2 saturated heterocycles. The summed E-state index contributed by atoms with van der Waals surface area (Å²) < 4.78 is 0. The number of carbonyl (C=O) groups excluding carboxylic acids is 2. The second-order valence-corrected chi connectivity index (χ2v) is 9.95. The molecule has 0 spiro atoms. The lowest BCUT2D eigenvalue weighted by Gasteiger charge is -2.41. The Kier molecular flexibility index (Phi) is 6.07. The van der Waals surface area contributed by atoms with E-state index in [1.54, 1.807) is 14.7 Å². The van der Waals surface area contributed by atoms with Gasteiger partial charge in [-0.05, 0) is 31.1 Å². The van der Waals surface area contributed by atoms with Crippen LogP contribution in [0.15, 0.2) is 30.3 Å². The molecule has 0 aromatic heterocycles. The molecule has 3 aliphatic rings. The minimum atomic E-state index is -0.142. The number of hydrogen-bond donors (Lipinski definition) is 2. The van der Waals surface area contributed by atoms with Gasteiger partial charge in [0.1, 0.15) is 32.7 Å². The van der Waals surface area contributed by atoms with Crippen LogP contribution >= 0.6 is 0 Å². The number of piperidine rings is 1. The van der Waals surface area contributed by atoms with E-state index in [1.807, 2.05) is 0 Å². The predicted octanol–water partition coefficient (Wildman–Crippen LogP) is 0.171. The molecule has 1 aliphatic carbocycles. The normalized spacial score (nSPS) is 31.3. The standard InChI is InChI=1S/C24H35N3O2/c1-24(2)20-10-11-21(24)23(29)27(22(20)28)13-7-6-12-25-14-16-26(17-15-25)18-19-8-4-3-5-9-19/h3-5,8-9,20-21H,6-7,10-18H2,1-2H3/p+2. The number of imide groups is 1. The molecule has 3 fully saturated rings. The average molecular weight is 400 g/mol. The second-order valence-electron chi connectivity index (χ2n) is 9.95. The molecular weight excluding hydrogens is 362 g/mol. The van der Waals surface area contributed by atoms with Crippen LogP contribution in [-0.2, 0) is 16.1 Å². The Bertz CT molecular complexity index is 699. The third-order valence-corrected chi connectivity index (χ3v) is 7.79. The summed E-state index contributed by atoms with van der Waals surface area (Å²) in [5, 5.41) is 0. The fraction of sp³-hybridized carbons (Fsp3) is 0.667. The highest BCUT2D eigenvalue weighted by atomic mass is 16.2. The van der Waals surface area contributed by atoms with Gasteiger partial charge in [-0.15, -0.1) is 0 Å². The summed E-state index contributed by atoms with van der Waals surface area (Å²) in [5.41, 5.74) is 1.29. The Morgan fingerprint density at radius 3 is 2.10 bits per heavy atom. The lowest BCUT2D eigenvalue weighted by Crippen LogP contribution is -3.27. The number of fused-ring (bicyclic) bond motifs is 2.